The van der Waals surface area contributed by atoms with Crippen molar-refractivity contribution in [1.82, 2.24) is 0 Å². The van der Waals surface area contributed by atoms with Crippen molar-refractivity contribution < 1.29 is 0 Å². The Balaban J connectivity index is 0.000000140. The van der Waals surface area contributed by atoms with E-state index in [0.29, 0.717) is 0 Å². The minimum Gasteiger partial charge on any atom is -0.310 e. The fourth-order valence-corrected chi connectivity index (χ4v) is 18.7. The summed E-state index contributed by atoms with van der Waals surface area (Å²) >= 11 is 0. The molecular formula is C116H76N4. The molecule has 0 saturated heterocycles. The van der Waals surface area contributed by atoms with E-state index in [-0.39, 0.29) is 0 Å². The van der Waals surface area contributed by atoms with E-state index in [1.165, 1.54) is 152 Å². The predicted molar refractivity (Wildman–Crippen MR) is 515 cm³/mol. The average Bonchev–Trinajstić information content (AvgIpc) is 0.745. The third-order valence-electron chi connectivity index (χ3n) is 24.4. The van der Waals surface area contributed by atoms with Gasteiger partial charge in [0.05, 0.1) is 0 Å². The van der Waals surface area contributed by atoms with Crippen LogP contribution in [0.5, 0.6) is 0 Å². The summed E-state index contributed by atoms with van der Waals surface area (Å²) in [4.78, 5) is 9.44. The topological polar surface area (TPSA) is 13.0 Å². The highest BCUT2D eigenvalue weighted by atomic mass is 15.2. The summed E-state index contributed by atoms with van der Waals surface area (Å²) in [5.74, 6) is 0. The molecule has 4 heteroatoms. The Kier molecular flexibility index (Phi) is 16.9. The molecule has 120 heavy (non-hydrogen) atoms. The molecule has 0 heterocycles. The third kappa shape index (κ3) is 12.6. The van der Waals surface area contributed by atoms with Crippen LogP contribution in [0.2, 0.25) is 0 Å². The third-order valence-corrected chi connectivity index (χ3v) is 24.4. The molecule has 0 aromatic heterocycles. The van der Waals surface area contributed by atoms with Crippen LogP contribution < -0.4 is 19.6 Å². The molecule has 24 aromatic carbocycles. The fourth-order valence-electron chi connectivity index (χ4n) is 18.7. The number of hydrogen-bond acceptors (Lipinski definition) is 4. The quantitative estimate of drug-likeness (QED) is 0.0795. The minimum atomic E-state index is 1.11. The summed E-state index contributed by atoms with van der Waals surface area (Å²) in [5, 5.41) is 30.5. The lowest BCUT2D eigenvalue weighted by molar-refractivity contribution is 1.28. The number of fused-ring (bicyclic) bond motifs is 6. The lowest BCUT2D eigenvalue weighted by Crippen LogP contribution is -2.10. The van der Waals surface area contributed by atoms with Gasteiger partial charge in [-0.25, -0.2) is 0 Å². The van der Waals surface area contributed by atoms with Crippen molar-refractivity contribution in [2.45, 2.75) is 0 Å². The number of nitrogens with zero attached hydrogens (tertiary/aromatic N) is 4. The van der Waals surface area contributed by atoms with Gasteiger partial charge in [0.25, 0.3) is 0 Å². The Morgan fingerprint density at radius 1 is 0.0917 bits per heavy atom. The van der Waals surface area contributed by atoms with Crippen molar-refractivity contribution in [3.63, 3.8) is 0 Å². The van der Waals surface area contributed by atoms with Gasteiger partial charge in [0.2, 0.25) is 0 Å². The monoisotopic (exact) mass is 1520 g/mol. The fraction of sp³-hybridized carbons (Fsp3) is 0. The second-order valence-electron chi connectivity index (χ2n) is 31.7. The molecule has 0 aliphatic carbocycles. The molecule has 0 saturated carbocycles. The first kappa shape index (κ1) is 69.6. The molecule has 560 valence electrons. The second-order valence-corrected chi connectivity index (χ2v) is 31.7. The predicted octanol–water partition coefficient (Wildman–Crippen LogP) is 33.3. The molecular weight excluding hydrogens is 1450 g/mol. The summed E-state index contributed by atoms with van der Waals surface area (Å²) < 4.78 is 0. The van der Waals surface area contributed by atoms with Crippen LogP contribution in [-0.2, 0) is 0 Å². The van der Waals surface area contributed by atoms with Crippen LogP contribution in [0, 0.1) is 0 Å². The highest BCUT2D eigenvalue weighted by molar-refractivity contribution is 6.25. The molecule has 0 atom stereocenters. The molecule has 24 aromatic rings. The van der Waals surface area contributed by atoms with Crippen LogP contribution in [0.1, 0.15) is 0 Å². The highest BCUT2D eigenvalue weighted by Gasteiger charge is 2.22. The summed E-state index contributed by atoms with van der Waals surface area (Å²) in [5.41, 5.74) is 18.1. The van der Waals surface area contributed by atoms with E-state index in [1.54, 1.807) is 0 Å². The van der Waals surface area contributed by atoms with Crippen LogP contribution in [0.25, 0.3) is 152 Å². The van der Waals surface area contributed by atoms with E-state index in [1.807, 2.05) is 0 Å². The largest absolute Gasteiger partial charge is 0.310 e. The number of benzene rings is 24. The van der Waals surface area contributed by atoms with Gasteiger partial charge in [-0.2, -0.15) is 0 Å². The van der Waals surface area contributed by atoms with Crippen LogP contribution in [-0.4, -0.2) is 0 Å². The number of hydrogen-bond donors (Lipinski definition) is 0. The van der Waals surface area contributed by atoms with E-state index in [4.69, 9.17) is 0 Å². The maximum absolute atomic E-state index is 2.37. The van der Waals surface area contributed by atoms with E-state index in [2.05, 4.69) is 481 Å². The first-order valence-corrected chi connectivity index (χ1v) is 41.3. The maximum Gasteiger partial charge on any atom is 0.0473 e. The molecule has 0 amide bonds. The first-order chi connectivity index (χ1) is 59.4. The molecule has 0 aliphatic heterocycles. The molecule has 0 N–H and O–H groups in total. The maximum atomic E-state index is 2.37. The zero-order chi connectivity index (χ0) is 79.1. The zero-order valence-electron chi connectivity index (χ0n) is 65.7. The lowest BCUT2D eigenvalue weighted by Gasteiger charge is -2.27. The normalized spacial score (nSPS) is 11.7. The van der Waals surface area contributed by atoms with Gasteiger partial charge in [-0.1, -0.05) is 267 Å². The van der Waals surface area contributed by atoms with Crippen molar-refractivity contribution in [2.75, 3.05) is 19.6 Å². The standard InChI is InChI=1S/C60H40N2.C56H36N2/c1-3-15-55(16-4-1)61(59-29-23-47-35-49-31-43-11-7-9-13-45(43)33-51(49)37-53(47)39-59)57-25-19-41(20-26-57)42-21-27-58(28-22-42)62(56-17-5-2-6-18-56)60-30-24-48-36-50-32-44-12-8-10-14-46(44)34-52(50)38-54(48)40-60;1-3-13-47(14-4-1)57(51-33-43-21-17-39-9-7-10-40-18-22-44(34-51)55(43)53(39)40)49-29-25-37(26-30-49)38-27-31-50(32-28-38)58(48-15-5-2-6-16-48)52-35-45-23-19-41-11-8-12-42-20-24-46(36-52)56(45)54(41)42/h1-40H;1-36H. The van der Waals surface area contributed by atoms with E-state index < -0.39 is 0 Å². The smallest absolute Gasteiger partial charge is 0.0473 e. The molecule has 4 nitrogen and oxygen atoms in total. The van der Waals surface area contributed by atoms with Crippen molar-refractivity contribution in [3.8, 4) is 22.3 Å². The van der Waals surface area contributed by atoms with Gasteiger partial charge in [-0.05, 0) is 346 Å². The van der Waals surface area contributed by atoms with Crippen molar-refractivity contribution in [3.05, 3.63) is 461 Å². The first-order valence-electron chi connectivity index (χ1n) is 41.3. The van der Waals surface area contributed by atoms with Crippen molar-refractivity contribution in [1.29, 1.82) is 0 Å². The molecule has 24 rings (SSSR count). The van der Waals surface area contributed by atoms with Gasteiger partial charge < -0.3 is 19.6 Å². The Hall–Kier alpha value is -15.9. The van der Waals surface area contributed by atoms with Crippen LogP contribution >= 0.6 is 0 Å². The molecule has 0 aliphatic rings. The minimum absolute atomic E-state index is 1.11. The molecule has 0 radical (unpaired) electrons. The molecule has 0 spiro atoms. The van der Waals surface area contributed by atoms with Gasteiger partial charge >= 0.3 is 0 Å². The van der Waals surface area contributed by atoms with Crippen LogP contribution in [0.15, 0.2) is 461 Å². The van der Waals surface area contributed by atoms with E-state index in [9.17, 15) is 0 Å². The zero-order valence-corrected chi connectivity index (χ0v) is 65.7. The van der Waals surface area contributed by atoms with E-state index >= 15 is 0 Å². The van der Waals surface area contributed by atoms with Crippen LogP contribution in [0.4, 0.5) is 68.2 Å². The van der Waals surface area contributed by atoms with Gasteiger partial charge in [0, 0.05) is 68.2 Å². The summed E-state index contributed by atoms with van der Waals surface area (Å²) in [6.07, 6.45) is 0. The second kappa shape index (κ2) is 29.1. The Bertz CT molecular complexity index is 7390. The van der Waals surface area contributed by atoms with Gasteiger partial charge in [0.1, 0.15) is 0 Å². The van der Waals surface area contributed by atoms with Gasteiger partial charge in [-0.15, -0.1) is 0 Å². The summed E-state index contributed by atoms with van der Waals surface area (Å²) in [7, 11) is 0. The number of rotatable bonds is 14. The van der Waals surface area contributed by atoms with Crippen LogP contribution in [0.3, 0.4) is 0 Å². The SMILES string of the molecule is c1ccc(N(c2ccc(-c3ccc(N(c4ccccc4)c4cc5ccc6cccc7ccc(c4)c5c67)cc3)cc2)c2cc3ccc4cccc5ccc(c2)c3c45)cc1.c1ccc(N(c2ccc(-c3ccc(N(c4ccccc4)c4ccc5cc6cc7ccccc7cc6cc5c4)cc3)cc2)c2ccc3cc4cc5ccccc5cc4cc3c2)cc1. The number of anilines is 12. The molecule has 0 bridgehead atoms. The van der Waals surface area contributed by atoms with Gasteiger partial charge in [-0.3, -0.25) is 0 Å². The lowest BCUT2D eigenvalue weighted by atomic mass is 9.93. The Morgan fingerprint density at radius 2 is 0.258 bits per heavy atom. The summed E-state index contributed by atoms with van der Waals surface area (Å²) in [6.45, 7) is 0. The highest BCUT2D eigenvalue weighted by Crippen LogP contribution is 2.47. The van der Waals surface area contributed by atoms with Crippen molar-refractivity contribution >= 4 is 198 Å². The number of para-hydroxylation sites is 4. The summed E-state index contributed by atoms with van der Waals surface area (Å²) in [6, 6.07) is 169. The molecule has 0 fully saturated rings. The average molecular weight is 1530 g/mol. The Labute approximate surface area is 695 Å². The molecule has 0 unspecified atom stereocenters. The van der Waals surface area contributed by atoms with Gasteiger partial charge in [0.15, 0.2) is 0 Å². The Morgan fingerprint density at radius 3 is 0.525 bits per heavy atom. The van der Waals surface area contributed by atoms with Crippen molar-refractivity contribution in [2.24, 2.45) is 0 Å². The van der Waals surface area contributed by atoms with E-state index in [0.717, 1.165) is 68.2 Å².